The number of carbonyl (C=O) groups is 2. The number of rotatable bonds is 45. The number of carbonyl (C=O) groups excluding carboxylic acids is 2. The van der Waals surface area contributed by atoms with Crippen LogP contribution in [0.15, 0.2) is 24.3 Å². The van der Waals surface area contributed by atoms with Gasteiger partial charge in [0.2, 0.25) is 5.91 Å². The Labute approximate surface area is 354 Å². The van der Waals surface area contributed by atoms with E-state index >= 15 is 0 Å². The van der Waals surface area contributed by atoms with Gasteiger partial charge in [-0.05, 0) is 51.4 Å². The van der Waals surface area contributed by atoms with E-state index < -0.39 is 18.2 Å². The predicted octanol–water partition coefficient (Wildman–Crippen LogP) is 14.7. The highest BCUT2D eigenvalue weighted by molar-refractivity contribution is 5.77. The first-order chi connectivity index (χ1) is 28.0. The van der Waals surface area contributed by atoms with Crippen molar-refractivity contribution >= 4 is 11.9 Å². The standard InChI is InChI=1S/C51H97NO5/c1-4-7-10-13-16-19-22-25-26-28-31-34-37-40-43-49(54)48(46-53)52-50(55)45-47(42-39-36-33-30-27-23-20-17-14-11-8-5-2)57-51(56)44-41-38-35-32-29-24-21-18-15-12-9-6-3/h8,11,17,20,47-49,53-54H,4-7,9-10,12-16,18-19,21-46H2,1-3H3,(H,52,55)/b11-8+,20-17+. The van der Waals surface area contributed by atoms with Crippen LogP contribution in [0.2, 0.25) is 0 Å². The van der Waals surface area contributed by atoms with Crippen LogP contribution in [0.5, 0.6) is 0 Å². The average Bonchev–Trinajstić information content (AvgIpc) is 3.20. The highest BCUT2D eigenvalue weighted by Gasteiger charge is 2.24. The molecule has 3 N–H and O–H groups in total. The molecule has 0 rings (SSSR count). The van der Waals surface area contributed by atoms with Gasteiger partial charge in [-0.2, -0.15) is 0 Å². The van der Waals surface area contributed by atoms with E-state index in [9.17, 15) is 19.8 Å². The third-order valence-electron chi connectivity index (χ3n) is 11.5. The second-order valence-electron chi connectivity index (χ2n) is 17.2. The number of aliphatic hydroxyl groups excluding tert-OH is 2. The van der Waals surface area contributed by atoms with Crippen molar-refractivity contribution in [3.05, 3.63) is 24.3 Å². The van der Waals surface area contributed by atoms with Crippen molar-refractivity contribution in [3.63, 3.8) is 0 Å². The molecule has 3 atom stereocenters. The van der Waals surface area contributed by atoms with Crippen LogP contribution < -0.4 is 5.32 Å². The summed E-state index contributed by atoms with van der Waals surface area (Å²) in [4.78, 5) is 26.1. The molecule has 0 spiro atoms. The molecule has 0 aliphatic heterocycles. The number of amides is 1. The van der Waals surface area contributed by atoms with E-state index in [4.69, 9.17) is 4.74 Å². The van der Waals surface area contributed by atoms with Crippen LogP contribution >= 0.6 is 0 Å². The van der Waals surface area contributed by atoms with Gasteiger partial charge in [0, 0.05) is 6.42 Å². The molecule has 336 valence electrons. The Bertz CT molecular complexity index is 904. The molecule has 0 saturated heterocycles. The van der Waals surface area contributed by atoms with E-state index in [0.29, 0.717) is 19.3 Å². The summed E-state index contributed by atoms with van der Waals surface area (Å²) in [5.41, 5.74) is 0. The van der Waals surface area contributed by atoms with Crippen molar-refractivity contribution in [1.82, 2.24) is 5.32 Å². The highest BCUT2D eigenvalue weighted by Crippen LogP contribution is 2.18. The topological polar surface area (TPSA) is 95.9 Å². The number of nitrogens with one attached hydrogen (secondary N) is 1. The van der Waals surface area contributed by atoms with E-state index in [1.807, 2.05) is 0 Å². The summed E-state index contributed by atoms with van der Waals surface area (Å²) < 4.78 is 5.91. The van der Waals surface area contributed by atoms with Crippen molar-refractivity contribution in [1.29, 1.82) is 0 Å². The van der Waals surface area contributed by atoms with Gasteiger partial charge in [0.1, 0.15) is 6.10 Å². The fourth-order valence-electron chi connectivity index (χ4n) is 7.76. The van der Waals surface area contributed by atoms with Crippen LogP contribution in [-0.2, 0) is 14.3 Å². The molecule has 0 aliphatic carbocycles. The number of hydrogen-bond acceptors (Lipinski definition) is 5. The summed E-state index contributed by atoms with van der Waals surface area (Å²) in [6.07, 6.45) is 50.9. The summed E-state index contributed by atoms with van der Waals surface area (Å²) in [5, 5.41) is 23.7. The maximum atomic E-state index is 13.2. The molecule has 0 aromatic carbocycles. The number of aliphatic hydroxyl groups is 2. The monoisotopic (exact) mass is 804 g/mol. The van der Waals surface area contributed by atoms with Gasteiger partial charge in [-0.25, -0.2) is 0 Å². The van der Waals surface area contributed by atoms with Crippen molar-refractivity contribution < 1.29 is 24.5 Å². The number of allylic oxidation sites excluding steroid dienone is 4. The predicted molar refractivity (Wildman–Crippen MR) is 246 cm³/mol. The normalized spacial score (nSPS) is 13.4. The smallest absolute Gasteiger partial charge is 0.306 e. The molecule has 0 aromatic rings. The molecule has 6 heteroatoms. The van der Waals surface area contributed by atoms with E-state index in [1.54, 1.807) is 0 Å². The Kier molecular flexibility index (Phi) is 44.1. The van der Waals surface area contributed by atoms with E-state index in [1.165, 1.54) is 148 Å². The second kappa shape index (κ2) is 45.4. The molecule has 0 aliphatic rings. The molecular formula is C51H97NO5. The van der Waals surface area contributed by atoms with Gasteiger partial charge in [-0.3, -0.25) is 9.59 Å². The number of unbranched alkanes of at least 4 members (excludes halogenated alkanes) is 29. The number of esters is 1. The Hall–Kier alpha value is -1.66. The third kappa shape index (κ3) is 40.9. The minimum atomic E-state index is -0.786. The lowest BCUT2D eigenvalue weighted by molar-refractivity contribution is -0.151. The van der Waals surface area contributed by atoms with Gasteiger partial charge >= 0.3 is 5.97 Å². The van der Waals surface area contributed by atoms with E-state index in [-0.39, 0.29) is 24.9 Å². The van der Waals surface area contributed by atoms with Gasteiger partial charge in [0.25, 0.3) is 0 Å². The first kappa shape index (κ1) is 55.3. The molecule has 6 nitrogen and oxygen atoms in total. The van der Waals surface area contributed by atoms with Crippen molar-refractivity contribution in [3.8, 4) is 0 Å². The fourth-order valence-corrected chi connectivity index (χ4v) is 7.76. The quantitative estimate of drug-likeness (QED) is 0.0324. The Balaban J connectivity index is 4.53. The Morgan fingerprint density at radius 3 is 1.42 bits per heavy atom. The third-order valence-corrected chi connectivity index (χ3v) is 11.5. The van der Waals surface area contributed by atoms with Crippen LogP contribution in [0.4, 0.5) is 0 Å². The Morgan fingerprint density at radius 1 is 0.526 bits per heavy atom. The van der Waals surface area contributed by atoms with Crippen LogP contribution in [0, 0.1) is 0 Å². The molecule has 1 amide bonds. The largest absolute Gasteiger partial charge is 0.462 e. The van der Waals surface area contributed by atoms with Gasteiger partial charge < -0.3 is 20.3 Å². The van der Waals surface area contributed by atoms with Crippen molar-refractivity contribution in [2.75, 3.05) is 6.61 Å². The van der Waals surface area contributed by atoms with Crippen LogP contribution in [0.1, 0.15) is 265 Å². The maximum absolute atomic E-state index is 13.2. The lowest BCUT2D eigenvalue weighted by Gasteiger charge is -2.24. The molecule has 0 saturated carbocycles. The molecule has 3 unspecified atom stereocenters. The zero-order chi connectivity index (χ0) is 41.7. The van der Waals surface area contributed by atoms with E-state index in [2.05, 4.69) is 50.4 Å². The zero-order valence-electron chi connectivity index (χ0n) is 38.2. The molecule has 57 heavy (non-hydrogen) atoms. The fraction of sp³-hybridized carbons (Fsp3) is 0.882. The average molecular weight is 804 g/mol. The van der Waals surface area contributed by atoms with Gasteiger partial charge in [-0.15, -0.1) is 0 Å². The summed E-state index contributed by atoms with van der Waals surface area (Å²) in [6.45, 7) is 6.38. The molecule has 0 heterocycles. The van der Waals surface area contributed by atoms with Gasteiger partial charge in [0.05, 0.1) is 25.2 Å². The Morgan fingerprint density at radius 2 is 0.947 bits per heavy atom. The first-order valence-corrected chi connectivity index (χ1v) is 25.1. The lowest BCUT2D eigenvalue weighted by Crippen LogP contribution is -2.46. The summed E-state index contributed by atoms with van der Waals surface area (Å²) in [5.74, 6) is -0.477. The van der Waals surface area contributed by atoms with E-state index in [0.717, 1.165) is 70.6 Å². The molecule has 0 radical (unpaired) electrons. The highest BCUT2D eigenvalue weighted by atomic mass is 16.5. The maximum Gasteiger partial charge on any atom is 0.306 e. The van der Waals surface area contributed by atoms with Gasteiger partial charge in [0.15, 0.2) is 0 Å². The molecule has 0 aromatic heterocycles. The van der Waals surface area contributed by atoms with Crippen LogP contribution in [0.25, 0.3) is 0 Å². The lowest BCUT2D eigenvalue weighted by atomic mass is 10.0. The minimum absolute atomic E-state index is 0.0730. The van der Waals surface area contributed by atoms with Gasteiger partial charge in [-0.1, -0.05) is 225 Å². The minimum Gasteiger partial charge on any atom is -0.462 e. The van der Waals surface area contributed by atoms with Crippen molar-refractivity contribution in [2.45, 2.75) is 283 Å². The van der Waals surface area contributed by atoms with Crippen LogP contribution in [0.3, 0.4) is 0 Å². The molecule has 0 fully saturated rings. The van der Waals surface area contributed by atoms with Crippen molar-refractivity contribution in [2.24, 2.45) is 0 Å². The number of hydrogen-bond donors (Lipinski definition) is 3. The summed E-state index contributed by atoms with van der Waals surface area (Å²) >= 11 is 0. The summed E-state index contributed by atoms with van der Waals surface area (Å²) in [6, 6.07) is -0.700. The number of ether oxygens (including phenoxy) is 1. The second-order valence-corrected chi connectivity index (χ2v) is 17.2. The van der Waals surface area contributed by atoms with Crippen LogP contribution in [-0.4, -0.2) is 46.9 Å². The zero-order valence-corrected chi connectivity index (χ0v) is 38.2. The first-order valence-electron chi connectivity index (χ1n) is 25.1. The molecular weight excluding hydrogens is 707 g/mol. The molecule has 0 bridgehead atoms. The SMILES string of the molecule is CC/C=C/C/C=C/CCCCCCCC(CC(=O)NC(CO)C(O)CCCCCCCCCCCCCCCC)OC(=O)CCCCCCCCCCCCCC. The summed E-state index contributed by atoms with van der Waals surface area (Å²) in [7, 11) is 0.